The van der Waals surface area contributed by atoms with Crippen LogP contribution in [0, 0.1) is 11.8 Å². The van der Waals surface area contributed by atoms with Gasteiger partial charge in [0.05, 0.1) is 6.61 Å². The number of halogens is 1. The van der Waals surface area contributed by atoms with E-state index in [9.17, 15) is 4.79 Å². The predicted molar refractivity (Wildman–Crippen MR) is 95.5 cm³/mol. The number of carbonyl (C=O) groups is 1. The number of likely N-dealkylation sites (tertiary alicyclic amines) is 1. The second-order valence-corrected chi connectivity index (χ2v) is 6.63. The van der Waals surface area contributed by atoms with Crippen molar-refractivity contribution in [2.45, 2.75) is 26.2 Å². The molecule has 3 rings (SSSR count). The number of amides is 1. The fourth-order valence-corrected chi connectivity index (χ4v) is 3.47. The number of rotatable bonds is 6. The van der Waals surface area contributed by atoms with Crippen LogP contribution in [0.25, 0.3) is 0 Å². The molecule has 0 bridgehead atoms. The van der Waals surface area contributed by atoms with Gasteiger partial charge in [0.1, 0.15) is 5.75 Å². The minimum Gasteiger partial charge on any atom is -0.494 e. The zero-order chi connectivity index (χ0) is 15.5. The summed E-state index contributed by atoms with van der Waals surface area (Å²) in [6.07, 6.45) is 3.96. The smallest absolute Gasteiger partial charge is 0.223 e. The summed E-state index contributed by atoms with van der Waals surface area (Å²) < 4.78 is 5.80. The molecule has 23 heavy (non-hydrogen) atoms. The first-order valence-corrected chi connectivity index (χ1v) is 8.33. The number of anilines is 1. The first kappa shape index (κ1) is 18.1. The highest BCUT2D eigenvalue weighted by Gasteiger charge is 2.38. The Morgan fingerprint density at radius 1 is 1.22 bits per heavy atom. The summed E-state index contributed by atoms with van der Waals surface area (Å²) in [6.45, 7) is 6.08. The average molecular weight is 339 g/mol. The Hall–Kier alpha value is -1.26. The van der Waals surface area contributed by atoms with Crippen LogP contribution in [-0.4, -0.2) is 44.1 Å². The Labute approximate surface area is 145 Å². The number of carbonyl (C=O) groups excluding carboxylic acids is 1. The Morgan fingerprint density at radius 2 is 1.83 bits per heavy atom. The number of hydrogen-bond acceptors (Lipinski definition) is 3. The summed E-state index contributed by atoms with van der Waals surface area (Å²) in [5, 5.41) is 0. The molecular weight excluding hydrogens is 312 g/mol. The van der Waals surface area contributed by atoms with Crippen LogP contribution in [0.15, 0.2) is 24.3 Å². The quantitative estimate of drug-likeness (QED) is 0.747. The first-order chi connectivity index (χ1) is 10.6. The summed E-state index contributed by atoms with van der Waals surface area (Å²) >= 11 is 0. The second-order valence-electron chi connectivity index (χ2n) is 6.63. The van der Waals surface area contributed by atoms with Gasteiger partial charge in [-0.05, 0) is 55.4 Å². The summed E-state index contributed by atoms with van der Waals surface area (Å²) in [5.74, 6) is 2.90. The van der Waals surface area contributed by atoms with Gasteiger partial charge in [-0.2, -0.15) is 0 Å². The Balaban J connectivity index is 0.00000192. The third kappa shape index (κ3) is 4.39. The van der Waals surface area contributed by atoms with E-state index in [1.165, 1.54) is 25.9 Å². The van der Waals surface area contributed by atoms with Crippen molar-refractivity contribution in [3.8, 4) is 5.75 Å². The fourth-order valence-electron chi connectivity index (χ4n) is 3.47. The molecule has 2 fully saturated rings. The zero-order valence-electron chi connectivity index (χ0n) is 14.0. The van der Waals surface area contributed by atoms with Gasteiger partial charge in [0.2, 0.25) is 5.91 Å². The Morgan fingerprint density at radius 3 is 2.35 bits per heavy atom. The molecule has 1 aliphatic carbocycles. The molecule has 0 N–H and O–H groups in total. The van der Waals surface area contributed by atoms with Crippen LogP contribution >= 0.6 is 12.4 Å². The van der Waals surface area contributed by atoms with Crippen molar-refractivity contribution in [3.05, 3.63) is 24.3 Å². The van der Waals surface area contributed by atoms with E-state index >= 15 is 0 Å². The highest BCUT2D eigenvalue weighted by Crippen LogP contribution is 2.40. The standard InChI is InChI=1S/C18H26N2O2.ClH/c1-14(21)19(2)17-6-8-18(9-7-17)22-11-3-10-20-12-15-4-5-16(15)13-20;/h6-9,15-16H,3-5,10-13H2,1-2H3;1H/t15-,16+;. The van der Waals surface area contributed by atoms with Gasteiger partial charge >= 0.3 is 0 Å². The molecular formula is C18H27ClN2O2. The van der Waals surface area contributed by atoms with Crippen molar-refractivity contribution in [1.29, 1.82) is 0 Å². The summed E-state index contributed by atoms with van der Waals surface area (Å²) in [5.41, 5.74) is 0.896. The molecule has 1 saturated carbocycles. The second kappa shape index (κ2) is 8.02. The first-order valence-electron chi connectivity index (χ1n) is 8.33. The van der Waals surface area contributed by atoms with E-state index in [-0.39, 0.29) is 18.3 Å². The lowest BCUT2D eigenvalue weighted by Gasteiger charge is -2.28. The van der Waals surface area contributed by atoms with Gasteiger partial charge in [-0.25, -0.2) is 0 Å². The predicted octanol–water partition coefficient (Wildman–Crippen LogP) is 3.20. The molecule has 1 aromatic carbocycles. The van der Waals surface area contributed by atoms with Crippen molar-refractivity contribution < 1.29 is 9.53 Å². The van der Waals surface area contributed by atoms with Crippen LogP contribution in [0.3, 0.4) is 0 Å². The minimum absolute atomic E-state index is 0. The lowest BCUT2D eigenvalue weighted by molar-refractivity contribution is -0.116. The van der Waals surface area contributed by atoms with Gasteiger partial charge in [-0.15, -0.1) is 12.4 Å². The van der Waals surface area contributed by atoms with E-state index in [0.29, 0.717) is 0 Å². The molecule has 1 aromatic rings. The third-order valence-electron chi connectivity index (χ3n) is 5.14. The lowest BCUT2D eigenvalue weighted by Crippen LogP contribution is -2.23. The summed E-state index contributed by atoms with van der Waals surface area (Å²) in [4.78, 5) is 15.5. The number of fused-ring (bicyclic) bond motifs is 1. The fraction of sp³-hybridized carbons (Fsp3) is 0.611. The maximum Gasteiger partial charge on any atom is 0.223 e. The van der Waals surface area contributed by atoms with Gasteiger partial charge in [-0.3, -0.25) is 4.79 Å². The molecule has 0 spiro atoms. The highest BCUT2D eigenvalue weighted by molar-refractivity contribution is 5.90. The van der Waals surface area contributed by atoms with Crippen LogP contribution in [0.4, 0.5) is 5.69 Å². The molecule has 2 aliphatic rings. The maximum atomic E-state index is 11.3. The molecule has 2 atom stereocenters. The molecule has 0 aromatic heterocycles. The van der Waals surface area contributed by atoms with Gasteiger partial charge in [0, 0.05) is 39.3 Å². The Bertz CT molecular complexity index is 508. The van der Waals surface area contributed by atoms with E-state index in [2.05, 4.69) is 4.90 Å². The largest absolute Gasteiger partial charge is 0.494 e. The van der Waals surface area contributed by atoms with Crippen molar-refractivity contribution >= 4 is 24.0 Å². The number of ether oxygens (including phenoxy) is 1. The number of hydrogen-bond donors (Lipinski definition) is 0. The van der Waals surface area contributed by atoms with Gasteiger partial charge in [-0.1, -0.05) is 0 Å². The topological polar surface area (TPSA) is 32.8 Å². The monoisotopic (exact) mass is 338 g/mol. The summed E-state index contributed by atoms with van der Waals surface area (Å²) in [7, 11) is 1.78. The average Bonchev–Trinajstić information content (AvgIpc) is 2.78. The van der Waals surface area contributed by atoms with Crippen LogP contribution in [0.2, 0.25) is 0 Å². The van der Waals surface area contributed by atoms with Gasteiger partial charge in [0.25, 0.3) is 0 Å². The van der Waals surface area contributed by atoms with Crippen LogP contribution in [-0.2, 0) is 4.79 Å². The van der Waals surface area contributed by atoms with Crippen LogP contribution in [0.5, 0.6) is 5.75 Å². The number of nitrogens with zero attached hydrogens (tertiary/aromatic N) is 2. The third-order valence-corrected chi connectivity index (χ3v) is 5.14. The van der Waals surface area contributed by atoms with E-state index in [1.807, 2.05) is 24.3 Å². The molecule has 128 valence electrons. The molecule has 0 unspecified atom stereocenters. The van der Waals surface area contributed by atoms with Gasteiger partial charge < -0.3 is 14.5 Å². The van der Waals surface area contributed by atoms with E-state index < -0.39 is 0 Å². The highest BCUT2D eigenvalue weighted by atomic mass is 35.5. The molecule has 1 saturated heterocycles. The van der Waals surface area contributed by atoms with Crippen LogP contribution < -0.4 is 9.64 Å². The zero-order valence-corrected chi connectivity index (χ0v) is 14.8. The van der Waals surface area contributed by atoms with Crippen molar-refractivity contribution in [1.82, 2.24) is 4.90 Å². The maximum absolute atomic E-state index is 11.3. The molecule has 1 heterocycles. The van der Waals surface area contributed by atoms with Crippen molar-refractivity contribution in [3.63, 3.8) is 0 Å². The molecule has 0 radical (unpaired) electrons. The normalized spacial score (nSPS) is 22.7. The minimum atomic E-state index is 0. The van der Waals surface area contributed by atoms with E-state index in [4.69, 9.17) is 4.74 Å². The SMILES string of the molecule is CC(=O)N(C)c1ccc(OCCCN2C[C@H]3CC[C@H]3C2)cc1.Cl. The molecule has 1 aliphatic heterocycles. The summed E-state index contributed by atoms with van der Waals surface area (Å²) in [6, 6.07) is 7.72. The number of benzene rings is 1. The van der Waals surface area contributed by atoms with Gasteiger partial charge in [0.15, 0.2) is 0 Å². The van der Waals surface area contributed by atoms with Crippen molar-refractivity contribution in [2.75, 3.05) is 38.2 Å². The lowest BCUT2D eigenvalue weighted by atomic mass is 9.77. The molecule has 4 nitrogen and oxygen atoms in total. The van der Waals surface area contributed by atoms with E-state index in [0.717, 1.165) is 42.8 Å². The molecule has 1 amide bonds. The molecule has 5 heteroatoms. The Kier molecular flexibility index (Phi) is 6.31. The van der Waals surface area contributed by atoms with E-state index in [1.54, 1.807) is 18.9 Å². The van der Waals surface area contributed by atoms with Crippen LogP contribution in [0.1, 0.15) is 26.2 Å². The van der Waals surface area contributed by atoms with Crippen molar-refractivity contribution in [2.24, 2.45) is 11.8 Å².